The van der Waals surface area contributed by atoms with E-state index >= 15 is 0 Å². The molecule has 2 saturated heterocycles. The zero-order valence-corrected chi connectivity index (χ0v) is 45.5. The lowest BCUT2D eigenvalue weighted by atomic mass is 9.97. The average Bonchev–Trinajstić information content (AvgIpc) is 3.41. The molecule has 75 heavy (non-hydrogen) atoms. The van der Waals surface area contributed by atoms with Crippen molar-refractivity contribution < 1.29 is 64.6 Å². The molecule has 0 aromatic rings. The van der Waals surface area contributed by atoms with Gasteiger partial charge in [-0.05, 0) is 83.5 Å². The van der Waals surface area contributed by atoms with Crippen LogP contribution in [-0.2, 0) is 23.7 Å². The first-order valence-corrected chi connectivity index (χ1v) is 28.3. The number of carbonyl (C=O) groups is 1. The minimum absolute atomic E-state index is 0.193. The van der Waals surface area contributed by atoms with E-state index < -0.39 is 86.8 Å². The van der Waals surface area contributed by atoms with Gasteiger partial charge >= 0.3 is 0 Å². The van der Waals surface area contributed by atoms with Crippen LogP contribution in [0, 0.1) is 0 Å². The molecule has 14 heteroatoms. The molecule has 2 fully saturated rings. The van der Waals surface area contributed by atoms with E-state index in [1.54, 1.807) is 6.08 Å². The van der Waals surface area contributed by atoms with E-state index in [1.807, 2.05) is 12.2 Å². The second-order valence-corrected chi connectivity index (χ2v) is 19.3. The van der Waals surface area contributed by atoms with Gasteiger partial charge in [0, 0.05) is 6.42 Å². The first-order chi connectivity index (χ1) is 36.6. The number of carbonyl (C=O) groups excluding carboxylic acids is 1. The van der Waals surface area contributed by atoms with Gasteiger partial charge in [-0.15, -0.1) is 0 Å². The minimum Gasteiger partial charge on any atom is -0.394 e. The van der Waals surface area contributed by atoms with Gasteiger partial charge in [-0.1, -0.05) is 193 Å². The molecule has 0 aromatic carbocycles. The fraction of sp³-hybridized carbons (Fsp3) is 0.656. The molecule has 12 unspecified atom stereocenters. The summed E-state index contributed by atoms with van der Waals surface area (Å²) in [6.45, 7) is 2.60. The van der Waals surface area contributed by atoms with Crippen molar-refractivity contribution in [2.75, 3.05) is 19.8 Å². The van der Waals surface area contributed by atoms with Crippen LogP contribution in [0.2, 0.25) is 0 Å². The summed E-state index contributed by atoms with van der Waals surface area (Å²) in [6.07, 6.45) is 48.2. The van der Waals surface area contributed by atoms with Crippen LogP contribution < -0.4 is 5.32 Å². The Labute approximate surface area is 450 Å². The van der Waals surface area contributed by atoms with Crippen molar-refractivity contribution in [2.24, 2.45) is 0 Å². The monoisotopic (exact) mass is 1050 g/mol. The molecule has 426 valence electrons. The standard InChI is InChI=1S/C61H99NO13/c1-3-5-7-9-11-13-15-17-18-19-20-21-22-23-24-25-26-27-28-29-30-31-32-33-35-37-39-41-43-45-53(66)62-49(50(65)44-42-40-38-36-34-16-14-12-10-8-6-4-2)48-72-60-58(71)56(69)59(52(47-64)74-60)75-61-57(70)55(68)54(67)51(46-63)73-61/h5,7,11,13,17-18,20-21,23-24,26-27,29-30,32-33,37,39,42,44,49-52,54-61,63-65,67-71H,3-4,6,8-10,12,14-16,19,22,25,28,31,34-36,38,40-41,43,45-48H2,1-2H3,(H,62,66)/b7-5-,13-11-,18-17-,21-20-,24-23-,27-26-,30-29-,33-32-,39-37-,44-42+. The Balaban J connectivity index is 1.78. The first kappa shape index (κ1) is 67.5. The molecule has 2 heterocycles. The van der Waals surface area contributed by atoms with E-state index in [1.165, 1.54) is 44.9 Å². The van der Waals surface area contributed by atoms with E-state index in [2.05, 4.69) is 122 Å². The lowest BCUT2D eigenvalue weighted by molar-refractivity contribution is -0.359. The third-order valence-corrected chi connectivity index (χ3v) is 12.9. The molecule has 2 rings (SSSR count). The van der Waals surface area contributed by atoms with Crippen molar-refractivity contribution in [3.8, 4) is 0 Å². The summed E-state index contributed by atoms with van der Waals surface area (Å²) >= 11 is 0. The number of rotatable bonds is 42. The molecule has 14 nitrogen and oxygen atoms in total. The van der Waals surface area contributed by atoms with Crippen LogP contribution >= 0.6 is 0 Å². The number of allylic oxidation sites excluding steroid dienone is 19. The number of hydrogen-bond donors (Lipinski definition) is 9. The van der Waals surface area contributed by atoms with Gasteiger partial charge in [0.15, 0.2) is 12.6 Å². The van der Waals surface area contributed by atoms with Crippen LogP contribution in [0.3, 0.4) is 0 Å². The Bertz CT molecular complexity index is 1720. The van der Waals surface area contributed by atoms with Crippen molar-refractivity contribution in [3.05, 3.63) is 122 Å². The highest BCUT2D eigenvalue weighted by Crippen LogP contribution is 2.30. The summed E-state index contributed by atoms with van der Waals surface area (Å²) in [5.74, 6) is -0.304. The number of aliphatic hydroxyl groups is 8. The largest absolute Gasteiger partial charge is 0.394 e. The fourth-order valence-electron chi connectivity index (χ4n) is 8.35. The van der Waals surface area contributed by atoms with Gasteiger partial charge in [0.1, 0.15) is 48.8 Å². The van der Waals surface area contributed by atoms with Gasteiger partial charge in [0.2, 0.25) is 5.91 Å². The van der Waals surface area contributed by atoms with Gasteiger partial charge in [0.25, 0.3) is 0 Å². The normalized spacial score (nSPS) is 26.0. The van der Waals surface area contributed by atoms with Gasteiger partial charge in [-0.2, -0.15) is 0 Å². The summed E-state index contributed by atoms with van der Waals surface area (Å²) in [5, 5.41) is 86.8. The number of hydrogen-bond acceptors (Lipinski definition) is 13. The van der Waals surface area contributed by atoms with Gasteiger partial charge in [-0.3, -0.25) is 4.79 Å². The highest BCUT2D eigenvalue weighted by atomic mass is 16.7. The molecule has 0 saturated carbocycles. The summed E-state index contributed by atoms with van der Waals surface area (Å²) in [5.41, 5.74) is 0. The summed E-state index contributed by atoms with van der Waals surface area (Å²) in [4.78, 5) is 13.2. The third kappa shape index (κ3) is 31.4. The lowest BCUT2D eigenvalue weighted by Gasteiger charge is -2.46. The highest BCUT2D eigenvalue weighted by molar-refractivity contribution is 5.76. The lowest BCUT2D eigenvalue weighted by Crippen LogP contribution is -2.65. The molecule has 2 aliphatic rings. The second-order valence-electron chi connectivity index (χ2n) is 19.3. The third-order valence-electron chi connectivity index (χ3n) is 12.9. The number of aliphatic hydroxyl groups excluding tert-OH is 8. The predicted octanol–water partition coefficient (Wildman–Crippen LogP) is 9.05. The Hall–Kier alpha value is -3.61. The molecule has 0 bridgehead atoms. The molecule has 0 aliphatic carbocycles. The van der Waals surface area contributed by atoms with Gasteiger partial charge in [-0.25, -0.2) is 0 Å². The van der Waals surface area contributed by atoms with Gasteiger partial charge in [0.05, 0.1) is 32.0 Å². The molecular formula is C61H99NO13. The first-order valence-electron chi connectivity index (χ1n) is 28.3. The van der Waals surface area contributed by atoms with Crippen molar-refractivity contribution >= 4 is 5.91 Å². The Morgan fingerprint density at radius 2 is 0.920 bits per heavy atom. The van der Waals surface area contributed by atoms with E-state index in [4.69, 9.17) is 18.9 Å². The van der Waals surface area contributed by atoms with Gasteiger partial charge < -0.3 is 65.1 Å². The smallest absolute Gasteiger partial charge is 0.220 e. The van der Waals surface area contributed by atoms with Crippen molar-refractivity contribution in [3.63, 3.8) is 0 Å². The Morgan fingerprint density at radius 1 is 0.493 bits per heavy atom. The van der Waals surface area contributed by atoms with Crippen LogP contribution in [0.4, 0.5) is 0 Å². The van der Waals surface area contributed by atoms with Crippen LogP contribution in [0.1, 0.15) is 162 Å². The van der Waals surface area contributed by atoms with E-state index in [-0.39, 0.29) is 18.9 Å². The molecule has 1 amide bonds. The second kappa shape index (κ2) is 45.4. The van der Waals surface area contributed by atoms with E-state index in [9.17, 15) is 45.6 Å². The number of nitrogens with one attached hydrogen (secondary N) is 1. The number of amides is 1. The number of ether oxygens (including phenoxy) is 4. The highest BCUT2D eigenvalue weighted by Gasteiger charge is 2.51. The zero-order valence-electron chi connectivity index (χ0n) is 45.5. The van der Waals surface area contributed by atoms with Crippen molar-refractivity contribution in [1.82, 2.24) is 5.32 Å². The molecule has 2 aliphatic heterocycles. The minimum atomic E-state index is -1.80. The maximum absolute atomic E-state index is 13.2. The van der Waals surface area contributed by atoms with E-state index in [0.717, 1.165) is 83.5 Å². The van der Waals surface area contributed by atoms with Crippen molar-refractivity contribution in [2.45, 2.75) is 235 Å². The maximum atomic E-state index is 13.2. The topological polar surface area (TPSA) is 228 Å². The summed E-state index contributed by atoms with van der Waals surface area (Å²) in [7, 11) is 0. The molecule has 0 spiro atoms. The SMILES string of the molecule is CC/C=C\C/C=C\C/C=C\C/C=C\C/C=C\C/C=C\C/C=C\C/C=C\C/C=C\CCCC(=O)NC(COC1OC(CO)C(OC2OC(CO)C(O)C(O)C2O)C(O)C1O)C(O)/C=C/CCCCCCCCCCCC. The maximum Gasteiger partial charge on any atom is 0.220 e. The molecule has 0 radical (unpaired) electrons. The van der Waals surface area contributed by atoms with Crippen LogP contribution in [0.15, 0.2) is 122 Å². The molecule has 12 atom stereocenters. The predicted molar refractivity (Wildman–Crippen MR) is 299 cm³/mol. The molecular weight excluding hydrogens is 955 g/mol. The molecule has 0 aromatic heterocycles. The Kier molecular flexibility index (Phi) is 40.9. The van der Waals surface area contributed by atoms with Crippen LogP contribution in [-0.4, -0.2) is 140 Å². The van der Waals surface area contributed by atoms with Crippen LogP contribution in [0.25, 0.3) is 0 Å². The summed E-state index contributed by atoms with van der Waals surface area (Å²) < 4.78 is 22.7. The zero-order chi connectivity index (χ0) is 54.6. The Morgan fingerprint density at radius 3 is 1.40 bits per heavy atom. The van der Waals surface area contributed by atoms with Crippen LogP contribution in [0.5, 0.6) is 0 Å². The average molecular weight is 1050 g/mol. The number of unbranched alkanes of at least 4 members (excludes halogenated alkanes) is 11. The molecule has 9 N–H and O–H groups in total. The van der Waals surface area contributed by atoms with Crippen molar-refractivity contribution in [1.29, 1.82) is 0 Å². The fourth-order valence-corrected chi connectivity index (χ4v) is 8.35. The van der Waals surface area contributed by atoms with E-state index in [0.29, 0.717) is 12.8 Å². The quantitative estimate of drug-likeness (QED) is 0.0206. The summed E-state index contributed by atoms with van der Waals surface area (Å²) in [6, 6.07) is -0.953.